The number of nitrogens with one attached hydrogen (secondary N) is 1. The zero-order valence-electron chi connectivity index (χ0n) is 25.4. The topological polar surface area (TPSA) is 202 Å². The Morgan fingerprint density at radius 2 is 1.55 bits per heavy atom. The minimum atomic E-state index is -2.74. The number of pyridine rings is 1. The van der Waals surface area contributed by atoms with Gasteiger partial charge in [0.2, 0.25) is 5.75 Å². The fraction of sp³-hybridized carbons (Fsp3) is 0.182. The van der Waals surface area contributed by atoms with Crippen molar-refractivity contribution in [3.05, 3.63) is 89.1 Å². The number of ketones is 1. The van der Waals surface area contributed by atoms with Crippen LogP contribution in [0.2, 0.25) is 5.02 Å². The second kappa shape index (κ2) is 16.1. The molecule has 4 aromatic rings. The normalized spacial score (nSPS) is 10.9. The number of hydrogen-bond acceptors (Lipinski definition) is 10. The summed E-state index contributed by atoms with van der Waals surface area (Å²) < 4.78 is 16.1. The van der Waals surface area contributed by atoms with Crippen LogP contribution in [0.15, 0.2) is 72.9 Å². The fourth-order valence-electron chi connectivity index (χ4n) is 4.38. The monoisotopic (exact) mass is 666 g/mol. The molecule has 0 amide bonds. The fourth-order valence-corrected chi connectivity index (χ4v) is 4.54. The van der Waals surface area contributed by atoms with E-state index < -0.39 is 36.4 Å². The molecule has 0 spiro atoms. The number of carbonyl (C=O) groups is 4. The average molecular weight is 667 g/mol. The maximum absolute atomic E-state index is 12.9. The molecule has 0 saturated carbocycles. The van der Waals surface area contributed by atoms with Crippen molar-refractivity contribution in [3.63, 3.8) is 0 Å². The summed E-state index contributed by atoms with van der Waals surface area (Å²) in [7, 11) is 4.52. The number of carbonyl (C=O) groups excluding carboxylic acids is 1. The van der Waals surface area contributed by atoms with E-state index in [4.69, 9.17) is 46.2 Å². The van der Waals surface area contributed by atoms with E-state index in [1.165, 1.54) is 27.4 Å². The molecule has 246 valence electrons. The van der Waals surface area contributed by atoms with Gasteiger partial charge in [-0.3, -0.25) is 19.4 Å². The number of carboxylic acids is 3. The molecule has 1 aromatic heterocycles. The standard InChI is InChI=1S/C27H23ClN2O4.C6H8O7/c1-32-25-12-10-21(26(33-2)27(25)34-3)24(31)11-7-17-5-4-6-19(15-17)30-22-13-14-29-23-16-18(28)8-9-20(22)23;7-3(8)1-6(13,5(11)12)2-4(9)10/h4-16H,1-3H3,(H,29,30);13H,1-2H2,(H,7,8)(H,9,10)(H,11,12)/b11-7+;. The van der Waals surface area contributed by atoms with Crippen molar-refractivity contribution in [2.75, 3.05) is 26.6 Å². The molecule has 0 saturated heterocycles. The van der Waals surface area contributed by atoms with Crippen LogP contribution in [-0.4, -0.2) is 76.0 Å². The van der Waals surface area contributed by atoms with Gasteiger partial charge in [-0.05, 0) is 60.2 Å². The van der Waals surface area contributed by atoms with Gasteiger partial charge in [-0.2, -0.15) is 0 Å². The number of aliphatic hydroxyl groups is 1. The number of methoxy groups -OCH3 is 3. The zero-order chi connectivity index (χ0) is 34.7. The molecule has 0 aliphatic carbocycles. The average Bonchev–Trinajstić information content (AvgIpc) is 3.02. The highest BCUT2D eigenvalue weighted by Gasteiger charge is 2.40. The third-order valence-electron chi connectivity index (χ3n) is 6.55. The number of fused-ring (bicyclic) bond motifs is 1. The quantitative estimate of drug-likeness (QED) is 0.0909. The first-order valence-corrected chi connectivity index (χ1v) is 14.0. The molecular weight excluding hydrogens is 636 g/mol. The number of hydrogen-bond donors (Lipinski definition) is 5. The molecule has 0 aliphatic rings. The molecule has 0 unspecified atom stereocenters. The smallest absolute Gasteiger partial charge is 0.336 e. The number of aliphatic carboxylic acids is 3. The van der Waals surface area contributed by atoms with Crippen LogP contribution in [0.4, 0.5) is 11.4 Å². The van der Waals surface area contributed by atoms with Gasteiger partial charge >= 0.3 is 17.9 Å². The van der Waals surface area contributed by atoms with Crippen molar-refractivity contribution in [2.45, 2.75) is 18.4 Å². The van der Waals surface area contributed by atoms with Crippen LogP contribution in [0.5, 0.6) is 17.2 Å². The number of allylic oxidation sites excluding steroid dienone is 1. The van der Waals surface area contributed by atoms with Gasteiger partial charge in [-0.25, -0.2) is 4.79 Å². The molecule has 0 bridgehead atoms. The van der Waals surface area contributed by atoms with Crippen LogP contribution in [0.25, 0.3) is 17.0 Å². The Kier molecular flexibility index (Phi) is 12.2. The van der Waals surface area contributed by atoms with Crippen LogP contribution >= 0.6 is 11.6 Å². The number of nitrogens with zero attached hydrogens (tertiary/aromatic N) is 1. The Morgan fingerprint density at radius 1 is 0.872 bits per heavy atom. The van der Waals surface area contributed by atoms with Gasteiger partial charge in [0, 0.05) is 28.0 Å². The summed E-state index contributed by atoms with van der Waals surface area (Å²) in [6, 6.07) is 18.6. The minimum Gasteiger partial charge on any atom is -0.493 e. The van der Waals surface area contributed by atoms with Gasteiger partial charge in [0.15, 0.2) is 22.9 Å². The molecule has 0 aliphatic heterocycles. The number of benzene rings is 3. The van der Waals surface area contributed by atoms with E-state index in [0.29, 0.717) is 27.8 Å². The molecule has 3 aromatic carbocycles. The predicted octanol–water partition coefficient (Wildman–Crippen LogP) is 5.31. The lowest BCUT2D eigenvalue weighted by atomic mass is 9.96. The molecule has 13 nitrogen and oxygen atoms in total. The van der Waals surface area contributed by atoms with E-state index in [1.807, 2.05) is 48.5 Å². The minimum absolute atomic E-state index is 0.215. The molecule has 47 heavy (non-hydrogen) atoms. The van der Waals surface area contributed by atoms with Crippen LogP contribution < -0.4 is 19.5 Å². The van der Waals surface area contributed by atoms with Crippen molar-refractivity contribution in [1.29, 1.82) is 0 Å². The van der Waals surface area contributed by atoms with Gasteiger partial charge in [-0.15, -0.1) is 0 Å². The summed E-state index contributed by atoms with van der Waals surface area (Å²) >= 11 is 6.09. The molecule has 5 N–H and O–H groups in total. The second-order valence-corrected chi connectivity index (χ2v) is 10.3. The number of rotatable bonds is 13. The van der Waals surface area contributed by atoms with E-state index in [0.717, 1.165) is 27.8 Å². The van der Waals surface area contributed by atoms with Gasteiger partial charge in [0.25, 0.3) is 0 Å². The Morgan fingerprint density at radius 3 is 2.15 bits per heavy atom. The van der Waals surface area contributed by atoms with Crippen LogP contribution in [0.1, 0.15) is 28.8 Å². The summed E-state index contributed by atoms with van der Waals surface area (Å²) in [6.45, 7) is 0. The molecule has 4 rings (SSSR count). The molecule has 0 radical (unpaired) electrons. The highest BCUT2D eigenvalue weighted by molar-refractivity contribution is 6.31. The Labute approximate surface area is 273 Å². The maximum atomic E-state index is 12.9. The summed E-state index contributed by atoms with van der Waals surface area (Å²) in [4.78, 5) is 47.8. The number of halogens is 1. The highest BCUT2D eigenvalue weighted by atomic mass is 35.5. The van der Waals surface area contributed by atoms with Crippen molar-refractivity contribution in [2.24, 2.45) is 0 Å². The Balaban J connectivity index is 0.000000392. The van der Waals surface area contributed by atoms with Crippen molar-refractivity contribution >= 4 is 63.6 Å². The van der Waals surface area contributed by atoms with E-state index in [9.17, 15) is 19.2 Å². The number of carboxylic acid groups (broad SMARTS) is 3. The third-order valence-corrected chi connectivity index (χ3v) is 6.79. The molecule has 1 heterocycles. The van der Waals surface area contributed by atoms with Crippen molar-refractivity contribution in [1.82, 2.24) is 4.98 Å². The lowest BCUT2D eigenvalue weighted by Gasteiger charge is -2.18. The van der Waals surface area contributed by atoms with Gasteiger partial charge in [-0.1, -0.05) is 29.8 Å². The summed E-state index contributed by atoms with van der Waals surface area (Å²) in [6.07, 6.45) is 2.71. The van der Waals surface area contributed by atoms with E-state index in [2.05, 4.69) is 10.3 Å². The first-order chi connectivity index (χ1) is 22.3. The summed E-state index contributed by atoms with van der Waals surface area (Å²) in [5.74, 6) is -4.04. The molecular formula is C33H31ClN2O11. The number of aromatic nitrogens is 1. The largest absolute Gasteiger partial charge is 0.493 e. The zero-order valence-corrected chi connectivity index (χ0v) is 26.1. The van der Waals surface area contributed by atoms with Gasteiger partial charge < -0.3 is 40.0 Å². The van der Waals surface area contributed by atoms with Gasteiger partial charge in [0.05, 0.1) is 45.3 Å². The second-order valence-electron chi connectivity index (χ2n) is 9.83. The van der Waals surface area contributed by atoms with Crippen LogP contribution in [0, 0.1) is 0 Å². The van der Waals surface area contributed by atoms with E-state index >= 15 is 0 Å². The SMILES string of the molecule is COc1ccc(C(=O)/C=C/c2cccc(Nc3ccnc4cc(Cl)ccc34)c2)c(OC)c1OC.O=C(O)CC(O)(CC(=O)O)C(=O)O. The van der Waals surface area contributed by atoms with Crippen LogP contribution in [0.3, 0.4) is 0 Å². The lowest BCUT2D eigenvalue weighted by molar-refractivity contribution is -0.170. The first-order valence-electron chi connectivity index (χ1n) is 13.6. The highest BCUT2D eigenvalue weighted by Crippen LogP contribution is 2.40. The lowest BCUT2D eigenvalue weighted by Crippen LogP contribution is -2.42. The number of ether oxygens (including phenoxy) is 3. The Hall–Kier alpha value is -5.66. The first kappa shape index (κ1) is 35.8. The third kappa shape index (κ3) is 9.42. The number of anilines is 2. The maximum Gasteiger partial charge on any atom is 0.336 e. The summed E-state index contributed by atoms with van der Waals surface area (Å²) in [5, 5.41) is 38.8. The van der Waals surface area contributed by atoms with Crippen LogP contribution in [-0.2, 0) is 14.4 Å². The van der Waals surface area contributed by atoms with Crippen molar-refractivity contribution in [3.8, 4) is 17.2 Å². The molecule has 14 heteroatoms. The van der Waals surface area contributed by atoms with E-state index in [1.54, 1.807) is 24.4 Å². The van der Waals surface area contributed by atoms with Gasteiger partial charge in [0.1, 0.15) is 0 Å². The van der Waals surface area contributed by atoms with E-state index in [-0.39, 0.29) is 5.78 Å². The molecule has 0 atom stereocenters. The predicted molar refractivity (Wildman–Crippen MR) is 173 cm³/mol. The molecule has 0 fully saturated rings. The summed E-state index contributed by atoms with van der Waals surface area (Å²) in [5.41, 5.74) is 1.10. The van der Waals surface area contributed by atoms with Crippen molar-refractivity contribution < 1.29 is 53.8 Å². The Bertz CT molecular complexity index is 1810.